The molecule has 2 N–H and O–H groups in total. The highest BCUT2D eigenvalue weighted by Gasteiger charge is 2.40. The number of para-hydroxylation sites is 2. The average molecular weight is 285 g/mol. The van der Waals surface area contributed by atoms with Crippen LogP contribution in [0.5, 0.6) is 0 Å². The van der Waals surface area contributed by atoms with Crippen molar-refractivity contribution in [2.24, 2.45) is 0 Å². The second kappa shape index (κ2) is 5.15. The highest BCUT2D eigenvalue weighted by atomic mass is 15.3. The minimum absolute atomic E-state index is 0.245. The molecule has 1 fully saturated rings. The van der Waals surface area contributed by atoms with Gasteiger partial charge in [-0.05, 0) is 45.5 Å². The third kappa shape index (κ3) is 2.42. The molecule has 0 saturated heterocycles. The van der Waals surface area contributed by atoms with Gasteiger partial charge in [-0.15, -0.1) is 0 Å². The topological polar surface area (TPSA) is 58.3 Å². The van der Waals surface area contributed by atoms with Gasteiger partial charge in [-0.2, -0.15) is 0 Å². The third-order valence-corrected chi connectivity index (χ3v) is 4.70. The second-order valence-corrected chi connectivity index (χ2v) is 6.25. The molecule has 1 aliphatic carbocycles. The number of likely N-dealkylation sites (N-methyl/N-ethyl adjacent to an activating group) is 2. The number of nitrogen functional groups attached to an aromatic ring is 1. The van der Waals surface area contributed by atoms with Crippen LogP contribution in [0.4, 0.5) is 11.6 Å². The van der Waals surface area contributed by atoms with Gasteiger partial charge in [0.2, 0.25) is 0 Å². The van der Waals surface area contributed by atoms with Gasteiger partial charge in [0.15, 0.2) is 11.6 Å². The van der Waals surface area contributed by atoms with Gasteiger partial charge in [0.05, 0.1) is 11.0 Å². The number of nitrogens with two attached hydrogens (primary N) is 1. The van der Waals surface area contributed by atoms with E-state index < -0.39 is 0 Å². The van der Waals surface area contributed by atoms with E-state index >= 15 is 0 Å². The molecule has 2 aromatic rings. The average Bonchev–Trinajstić information content (AvgIpc) is 2.41. The molecular weight excluding hydrogens is 262 g/mol. The quantitative estimate of drug-likeness (QED) is 0.932. The van der Waals surface area contributed by atoms with Gasteiger partial charge in [-0.25, -0.2) is 9.97 Å². The number of fused-ring (bicyclic) bond motifs is 1. The standard InChI is InChI=1S/C16H23N5/c1-20(2)16(9-6-10-16)11-21(3)15-14(17)18-12-7-4-5-8-13(12)19-15/h4-5,7-8H,6,9-11H2,1-3H3,(H2,17,18). The van der Waals surface area contributed by atoms with Crippen LogP contribution in [-0.4, -0.2) is 48.1 Å². The Kier molecular flexibility index (Phi) is 3.45. The summed E-state index contributed by atoms with van der Waals surface area (Å²) in [6.45, 7) is 0.928. The molecule has 1 aromatic carbocycles. The maximum absolute atomic E-state index is 6.11. The maximum Gasteiger partial charge on any atom is 0.171 e. The second-order valence-electron chi connectivity index (χ2n) is 6.25. The van der Waals surface area contributed by atoms with Crippen LogP contribution in [0.2, 0.25) is 0 Å². The molecule has 21 heavy (non-hydrogen) atoms. The minimum atomic E-state index is 0.245. The fraction of sp³-hybridized carbons (Fsp3) is 0.500. The first-order valence-corrected chi connectivity index (χ1v) is 7.43. The summed E-state index contributed by atoms with van der Waals surface area (Å²) in [6.07, 6.45) is 3.75. The predicted octanol–water partition coefficient (Wildman–Crippen LogP) is 2.13. The zero-order valence-corrected chi connectivity index (χ0v) is 13.0. The lowest BCUT2D eigenvalue weighted by Gasteiger charge is -2.49. The van der Waals surface area contributed by atoms with Gasteiger partial charge in [0.25, 0.3) is 0 Å². The highest BCUT2D eigenvalue weighted by molar-refractivity contribution is 5.79. The molecule has 112 valence electrons. The van der Waals surface area contributed by atoms with Crippen molar-refractivity contribution in [1.29, 1.82) is 0 Å². The van der Waals surface area contributed by atoms with Crippen LogP contribution in [0.1, 0.15) is 19.3 Å². The third-order valence-electron chi connectivity index (χ3n) is 4.70. The smallest absolute Gasteiger partial charge is 0.171 e. The van der Waals surface area contributed by atoms with Crippen LogP contribution in [0.25, 0.3) is 11.0 Å². The molecule has 1 saturated carbocycles. The van der Waals surface area contributed by atoms with Gasteiger partial charge >= 0.3 is 0 Å². The first-order chi connectivity index (χ1) is 10.0. The van der Waals surface area contributed by atoms with E-state index in [4.69, 9.17) is 10.7 Å². The number of rotatable bonds is 4. The number of hydrogen-bond acceptors (Lipinski definition) is 5. The molecule has 3 rings (SSSR count). The molecule has 1 heterocycles. The molecule has 0 spiro atoms. The van der Waals surface area contributed by atoms with Crippen LogP contribution >= 0.6 is 0 Å². The first kappa shape index (κ1) is 14.1. The van der Waals surface area contributed by atoms with Crippen molar-refractivity contribution in [3.05, 3.63) is 24.3 Å². The summed E-state index contributed by atoms with van der Waals surface area (Å²) in [6, 6.07) is 7.85. The van der Waals surface area contributed by atoms with E-state index in [-0.39, 0.29) is 5.54 Å². The summed E-state index contributed by atoms with van der Waals surface area (Å²) in [5.74, 6) is 1.28. The molecule has 0 unspecified atom stereocenters. The lowest BCUT2D eigenvalue weighted by atomic mass is 9.75. The number of benzene rings is 1. The van der Waals surface area contributed by atoms with E-state index in [9.17, 15) is 0 Å². The van der Waals surface area contributed by atoms with Crippen LogP contribution in [0, 0.1) is 0 Å². The van der Waals surface area contributed by atoms with Crippen LogP contribution in [-0.2, 0) is 0 Å². The largest absolute Gasteiger partial charge is 0.381 e. The van der Waals surface area contributed by atoms with Crippen LogP contribution in [0.3, 0.4) is 0 Å². The predicted molar refractivity (Wildman–Crippen MR) is 87.5 cm³/mol. The van der Waals surface area contributed by atoms with Crippen LogP contribution < -0.4 is 10.6 Å². The SMILES string of the molecule is CN(CC1(N(C)C)CCC1)c1nc2ccccc2nc1N. The Morgan fingerprint density at radius 3 is 2.24 bits per heavy atom. The Bertz CT molecular complexity index is 648. The van der Waals surface area contributed by atoms with Crippen molar-refractivity contribution < 1.29 is 0 Å². The van der Waals surface area contributed by atoms with E-state index in [1.54, 1.807) is 0 Å². The number of aromatic nitrogens is 2. The van der Waals surface area contributed by atoms with E-state index in [2.05, 4.69) is 35.9 Å². The summed E-state index contributed by atoms with van der Waals surface area (Å²) < 4.78 is 0. The molecule has 0 bridgehead atoms. The first-order valence-electron chi connectivity index (χ1n) is 7.43. The van der Waals surface area contributed by atoms with Gasteiger partial charge < -0.3 is 15.5 Å². The molecule has 1 aromatic heterocycles. The fourth-order valence-corrected chi connectivity index (χ4v) is 3.13. The van der Waals surface area contributed by atoms with Crippen molar-refractivity contribution >= 4 is 22.7 Å². The number of nitrogens with zero attached hydrogens (tertiary/aromatic N) is 4. The molecule has 0 atom stereocenters. The number of anilines is 2. The summed E-state index contributed by atoms with van der Waals surface area (Å²) in [5.41, 5.74) is 8.09. The van der Waals surface area contributed by atoms with Gasteiger partial charge in [-0.3, -0.25) is 0 Å². The van der Waals surface area contributed by atoms with E-state index in [1.807, 2.05) is 24.3 Å². The Morgan fingerprint density at radius 2 is 1.71 bits per heavy atom. The van der Waals surface area contributed by atoms with Crippen molar-refractivity contribution in [1.82, 2.24) is 14.9 Å². The Labute approximate surface area is 125 Å². The van der Waals surface area contributed by atoms with Crippen molar-refractivity contribution in [2.45, 2.75) is 24.8 Å². The van der Waals surface area contributed by atoms with Gasteiger partial charge in [0, 0.05) is 19.1 Å². The maximum atomic E-state index is 6.11. The Morgan fingerprint density at radius 1 is 1.10 bits per heavy atom. The molecule has 5 nitrogen and oxygen atoms in total. The zero-order valence-electron chi connectivity index (χ0n) is 13.0. The van der Waals surface area contributed by atoms with Crippen molar-refractivity contribution in [3.8, 4) is 0 Å². The van der Waals surface area contributed by atoms with Gasteiger partial charge in [-0.1, -0.05) is 12.1 Å². The lowest BCUT2D eigenvalue weighted by molar-refractivity contribution is 0.0682. The van der Waals surface area contributed by atoms with E-state index in [1.165, 1.54) is 19.3 Å². The van der Waals surface area contributed by atoms with E-state index in [0.29, 0.717) is 5.82 Å². The summed E-state index contributed by atoms with van der Waals surface area (Å²) in [5, 5.41) is 0. The van der Waals surface area contributed by atoms with Crippen molar-refractivity contribution in [2.75, 3.05) is 38.3 Å². The lowest BCUT2D eigenvalue weighted by Crippen LogP contribution is -2.57. The van der Waals surface area contributed by atoms with Crippen molar-refractivity contribution in [3.63, 3.8) is 0 Å². The molecule has 0 amide bonds. The zero-order chi connectivity index (χ0) is 15.0. The number of hydrogen-bond donors (Lipinski definition) is 1. The summed E-state index contributed by atoms with van der Waals surface area (Å²) >= 11 is 0. The Hall–Kier alpha value is -1.88. The monoisotopic (exact) mass is 285 g/mol. The normalized spacial score (nSPS) is 17.0. The fourth-order valence-electron chi connectivity index (χ4n) is 3.13. The molecule has 5 heteroatoms. The van der Waals surface area contributed by atoms with E-state index in [0.717, 1.165) is 23.4 Å². The summed E-state index contributed by atoms with van der Waals surface area (Å²) in [7, 11) is 6.36. The van der Waals surface area contributed by atoms with Crippen LogP contribution in [0.15, 0.2) is 24.3 Å². The van der Waals surface area contributed by atoms with Gasteiger partial charge in [0.1, 0.15) is 0 Å². The summed E-state index contributed by atoms with van der Waals surface area (Å²) in [4.78, 5) is 13.6. The highest BCUT2D eigenvalue weighted by Crippen LogP contribution is 2.37. The molecular formula is C16H23N5. The minimum Gasteiger partial charge on any atom is -0.381 e. The molecule has 1 aliphatic rings. The Balaban J connectivity index is 1.90. The molecule has 0 aliphatic heterocycles. The molecule has 0 radical (unpaired) electrons.